The van der Waals surface area contributed by atoms with Crippen LogP contribution in [0.5, 0.6) is 0 Å². The number of nitrogens with zero attached hydrogens (tertiary/aromatic N) is 1. The Kier molecular flexibility index (Phi) is 5.88. The lowest BCUT2D eigenvalue weighted by molar-refractivity contribution is -0.122. The second kappa shape index (κ2) is 9.21. The van der Waals surface area contributed by atoms with Crippen LogP contribution in [0.25, 0.3) is 0 Å². The van der Waals surface area contributed by atoms with E-state index in [1.807, 2.05) is 48.5 Å². The number of alkyl halides is 2. The number of nitrogens with one attached hydrogen (secondary N) is 1. The highest BCUT2D eigenvalue weighted by Gasteiger charge is 2.72. The van der Waals surface area contributed by atoms with Crippen LogP contribution < -0.4 is 10.2 Å². The highest BCUT2D eigenvalue weighted by Crippen LogP contribution is 2.70. The van der Waals surface area contributed by atoms with Crippen molar-refractivity contribution in [1.29, 1.82) is 0 Å². The molecule has 0 aromatic heterocycles. The molecular formula is C33H22Br2N2O5. The molecule has 3 amide bonds. The normalized spacial score (nSPS) is 25.1. The predicted molar refractivity (Wildman–Crippen MR) is 164 cm³/mol. The average molecular weight is 686 g/mol. The van der Waals surface area contributed by atoms with Crippen molar-refractivity contribution < 1.29 is 24.3 Å². The molecule has 4 aliphatic rings. The van der Waals surface area contributed by atoms with E-state index in [-0.39, 0.29) is 28.6 Å². The van der Waals surface area contributed by atoms with E-state index in [1.165, 1.54) is 23.1 Å². The van der Waals surface area contributed by atoms with Crippen molar-refractivity contribution in [2.24, 2.45) is 11.8 Å². The Morgan fingerprint density at radius 1 is 0.762 bits per heavy atom. The van der Waals surface area contributed by atoms with Gasteiger partial charge in [0, 0.05) is 5.56 Å². The van der Waals surface area contributed by atoms with Crippen LogP contribution >= 0.6 is 31.9 Å². The third kappa shape index (κ3) is 3.44. The number of hydrogen-bond donors (Lipinski definition) is 2. The first-order valence-corrected chi connectivity index (χ1v) is 14.9. The van der Waals surface area contributed by atoms with E-state index in [4.69, 9.17) is 0 Å². The summed E-state index contributed by atoms with van der Waals surface area (Å²) in [5.74, 6) is -3.71. The number of imide groups is 1. The van der Waals surface area contributed by atoms with Gasteiger partial charge in [-0.15, -0.1) is 0 Å². The van der Waals surface area contributed by atoms with Gasteiger partial charge in [0.25, 0.3) is 5.91 Å². The molecule has 2 N–H and O–H groups in total. The van der Waals surface area contributed by atoms with E-state index >= 15 is 0 Å². The number of carboxylic acids is 1. The molecule has 3 aliphatic carbocycles. The first kappa shape index (κ1) is 26.8. The van der Waals surface area contributed by atoms with Crippen LogP contribution in [0.1, 0.15) is 48.5 Å². The summed E-state index contributed by atoms with van der Waals surface area (Å²) >= 11 is 7.99. The number of aryl methyl sites for hydroxylation is 1. The molecule has 8 rings (SSSR count). The molecule has 1 fully saturated rings. The van der Waals surface area contributed by atoms with Gasteiger partial charge in [0.1, 0.15) is 0 Å². The number of carboxylic acid groups (broad SMARTS) is 1. The Morgan fingerprint density at radius 2 is 1.24 bits per heavy atom. The van der Waals surface area contributed by atoms with Crippen LogP contribution in [-0.4, -0.2) is 28.8 Å². The van der Waals surface area contributed by atoms with Crippen molar-refractivity contribution in [3.63, 3.8) is 0 Å². The van der Waals surface area contributed by atoms with Crippen molar-refractivity contribution in [3.8, 4) is 0 Å². The van der Waals surface area contributed by atoms with Gasteiger partial charge in [0.15, 0.2) is 0 Å². The number of halogens is 2. The van der Waals surface area contributed by atoms with Crippen LogP contribution in [0.4, 0.5) is 11.4 Å². The Morgan fingerprint density at radius 3 is 1.69 bits per heavy atom. The van der Waals surface area contributed by atoms with E-state index in [0.29, 0.717) is 5.69 Å². The number of carbonyl (C=O) groups is 4. The zero-order valence-electron chi connectivity index (χ0n) is 22.1. The molecule has 2 bridgehead atoms. The van der Waals surface area contributed by atoms with Crippen LogP contribution in [-0.2, 0) is 18.2 Å². The molecule has 4 aromatic rings. The summed E-state index contributed by atoms with van der Waals surface area (Å²) in [6.07, 6.45) is 0. The standard InChI is InChI=1S/C33H22Br2N2O5/c1-17-10-15-20(31(41)42)25(16-17)36-28(38)18-11-13-19(14-12-18)37-29(39)26-27(30(37)40)33(35)22-7-3-2-6-21(22)32(26,34)23-8-4-5-9-24(23)33/h2-16,26-27H,1H3,(H,36,38)(H,41,42)/t26-,27-,32?,33?/m1/s1. The summed E-state index contributed by atoms with van der Waals surface area (Å²) in [6, 6.07) is 26.7. The predicted octanol–water partition coefficient (Wildman–Crippen LogP) is 6.36. The molecule has 9 heteroatoms. The van der Waals surface area contributed by atoms with Crippen LogP contribution in [0.2, 0.25) is 0 Å². The molecule has 208 valence electrons. The Hall–Kier alpha value is -4.08. The largest absolute Gasteiger partial charge is 0.478 e. The summed E-state index contributed by atoms with van der Waals surface area (Å²) in [4.78, 5) is 54.3. The van der Waals surface area contributed by atoms with Gasteiger partial charge in [-0.3, -0.25) is 14.4 Å². The maximum Gasteiger partial charge on any atom is 0.337 e. The molecule has 7 nitrogen and oxygen atoms in total. The van der Waals surface area contributed by atoms with Crippen LogP contribution in [0.15, 0.2) is 91.0 Å². The molecular weight excluding hydrogens is 664 g/mol. The Balaban J connectivity index is 1.25. The van der Waals surface area contributed by atoms with Crippen LogP contribution in [0.3, 0.4) is 0 Å². The van der Waals surface area contributed by atoms with Gasteiger partial charge >= 0.3 is 5.97 Å². The Labute approximate surface area is 257 Å². The van der Waals surface area contributed by atoms with Gasteiger partial charge in [0.05, 0.1) is 37.4 Å². The quantitative estimate of drug-likeness (QED) is 0.192. The second-order valence-electron chi connectivity index (χ2n) is 10.8. The second-order valence-corrected chi connectivity index (χ2v) is 13.3. The highest BCUT2D eigenvalue weighted by atomic mass is 79.9. The summed E-state index contributed by atoms with van der Waals surface area (Å²) in [5, 5.41) is 12.2. The molecule has 0 radical (unpaired) electrons. The van der Waals surface area contributed by atoms with Gasteiger partial charge in [-0.25, -0.2) is 9.69 Å². The molecule has 4 aromatic carbocycles. The van der Waals surface area contributed by atoms with Gasteiger partial charge in [-0.2, -0.15) is 0 Å². The number of benzene rings is 4. The molecule has 42 heavy (non-hydrogen) atoms. The van der Waals surface area contributed by atoms with Gasteiger partial charge < -0.3 is 10.4 Å². The van der Waals surface area contributed by atoms with Crippen LogP contribution in [0, 0.1) is 18.8 Å². The summed E-state index contributed by atoms with van der Waals surface area (Å²) in [5.41, 5.74) is 5.38. The zero-order valence-corrected chi connectivity index (χ0v) is 25.3. The average Bonchev–Trinajstić information content (AvgIpc) is 3.26. The molecule has 1 aliphatic heterocycles. The lowest BCUT2D eigenvalue weighted by Gasteiger charge is -2.55. The topological polar surface area (TPSA) is 104 Å². The van der Waals surface area contributed by atoms with Crippen molar-refractivity contribution in [1.82, 2.24) is 0 Å². The summed E-state index contributed by atoms with van der Waals surface area (Å²) < 4.78 is -1.78. The maximum atomic E-state index is 14.2. The lowest BCUT2D eigenvalue weighted by Crippen LogP contribution is -2.56. The smallest absolute Gasteiger partial charge is 0.337 e. The minimum atomic E-state index is -1.15. The fourth-order valence-corrected chi connectivity index (χ4v) is 9.13. The van der Waals surface area contributed by atoms with Crippen molar-refractivity contribution in [2.75, 3.05) is 10.2 Å². The third-order valence-corrected chi connectivity index (χ3v) is 11.3. The fraction of sp³-hybridized carbons (Fsp3) is 0.152. The molecule has 1 saturated heterocycles. The maximum absolute atomic E-state index is 14.2. The van der Waals surface area contributed by atoms with E-state index in [1.54, 1.807) is 31.2 Å². The summed E-state index contributed by atoms with van der Waals surface area (Å²) in [7, 11) is 0. The lowest BCUT2D eigenvalue weighted by atomic mass is 9.54. The molecule has 0 spiro atoms. The van der Waals surface area contributed by atoms with E-state index in [9.17, 15) is 24.3 Å². The van der Waals surface area contributed by atoms with Gasteiger partial charge in [-0.1, -0.05) is 86.5 Å². The van der Waals surface area contributed by atoms with E-state index in [0.717, 1.165) is 27.8 Å². The van der Waals surface area contributed by atoms with E-state index in [2.05, 4.69) is 37.2 Å². The highest BCUT2D eigenvalue weighted by molar-refractivity contribution is 9.10. The van der Waals surface area contributed by atoms with Crippen molar-refractivity contribution in [2.45, 2.75) is 15.6 Å². The number of amides is 3. The van der Waals surface area contributed by atoms with Crippen molar-refractivity contribution >= 4 is 66.9 Å². The molecule has 1 heterocycles. The number of anilines is 2. The minimum absolute atomic E-state index is 0.0227. The zero-order chi connectivity index (χ0) is 29.6. The van der Waals surface area contributed by atoms with Gasteiger partial charge in [0.2, 0.25) is 11.8 Å². The molecule has 0 unspecified atom stereocenters. The number of carbonyl (C=O) groups excluding carboxylic acids is 3. The van der Waals surface area contributed by atoms with E-state index < -0.39 is 32.4 Å². The number of hydrogen-bond acceptors (Lipinski definition) is 4. The van der Waals surface area contributed by atoms with Crippen molar-refractivity contribution in [3.05, 3.63) is 130 Å². The van der Waals surface area contributed by atoms with Gasteiger partial charge in [-0.05, 0) is 71.1 Å². The summed E-state index contributed by atoms with van der Waals surface area (Å²) in [6.45, 7) is 1.80. The first-order chi connectivity index (χ1) is 20.1. The first-order valence-electron chi connectivity index (χ1n) is 13.3. The monoisotopic (exact) mass is 684 g/mol. The molecule has 0 saturated carbocycles. The number of rotatable bonds is 4. The molecule has 2 atom stereocenters. The minimum Gasteiger partial charge on any atom is -0.478 e. The fourth-order valence-electron chi connectivity index (χ4n) is 6.83. The third-order valence-electron chi connectivity index (χ3n) is 8.63. The Bertz CT molecular complexity index is 1750. The number of aromatic carboxylic acids is 1. The SMILES string of the molecule is Cc1ccc(C(=O)O)c(NC(=O)c2ccc(N3C(=O)[C@H]4[C@H](C3=O)C3(Br)c5ccccc5C4(Br)c4ccccc43)cc2)c1.